The number of sulfone groups is 1. The molecule has 0 atom stereocenters. The minimum atomic E-state index is -3.98. The third-order valence-corrected chi connectivity index (χ3v) is 6.31. The maximum atomic E-state index is 13.0. The van der Waals surface area contributed by atoms with Crippen molar-refractivity contribution < 1.29 is 22.6 Å². The zero-order chi connectivity index (χ0) is 19.6. The highest BCUT2D eigenvalue weighted by molar-refractivity contribution is 7.97. The average molecular weight is 408 g/mol. The van der Waals surface area contributed by atoms with Gasteiger partial charge in [-0.25, -0.2) is 8.42 Å². The van der Waals surface area contributed by atoms with Crippen LogP contribution in [0.5, 0.6) is 17.2 Å². The molecule has 0 saturated carbocycles. The molecule has 0 fully saturated rings. The van der Waals surface area contributed by atoms with Crippen LogP contribution in [0.15, 0.2) is 51.9 Å². The normalized spacial score (nSPS) is 12.2. The van der Waals surface area contributed by atoms with Gasteiger partial charge in [0, 0.05) is 29.2 Å². The number of aromatic nitrogens is 1. The van der Waals surface area contributed by atoms with Gasteiger partial charge in [-0.15, -0.1) is 0 Å². The number of rotatable bonds is 6. The van der Waals surface area contributed by atoms with Gasteiger partial charge in [0.25, 0.3) is 0 Å². The fourth-order valence-corrected chi connectivity index (χ4v) is 4.18. The van der Waals surface area contributed by atoms with E-state index in [0.717, 1.165) is 10.9 Å². The monoisotopic (exact) mass is 407 g/mol. The van der Waals surface area contributed by atoms with Crippen molar-refractivity contribution >= 4 is 38.4 Å². The molecule has 1 N–H and O–H groups in total. The first-order valence-corrected chi connectivity index (χ1v) is 9.77. The first-order chi connectivity index (χ1) is 12.9. The summed E-state index contributed by atoms with van der Waals surface area (Å²) in [6.45, 7) is 0. The van der Waals surface area contributed by atoms with Crippen molar-refractivity contribution in [2.75, 3.05) is 21.3 Å². The van der Waals surface area contributed by atoms with Gasteiger partial charge < -0.3 is 19.2 Å². The van der Waals surface area contributed by atoms with Crippen LogP contribution in [0.4, 0.5) is 0 Å². The largest absolute Gasteiger partial charge is 0.493 e. The number of hydrogen-bond donors (Lipinski definition) is 1. The molecule has 0 aliphatic rings. The van der Waals surface area contributed by atoms with Gasteiger partial charge >= 0.3 is 0 Å². The van der Waals surface area contributed by atoms with Crippen molar-refractivity contribution in [1.29, 1.82) is 0 Å². The quantitative estimate of drug-likeness (QED) is 0.662. The standard InChI is InChI=1S/C19H18ClNO5S/c1-24-16-10-13(11-17(25-2)19(16)26-3)27(22,23)18(20)9-12-5-4-6-15-14(12)7-8-21-15/h4-11,21H,1-3H3/b18-9-. The fraction of sp³-hybridized carbons (Fsp3) is 0.158. The highest BCUT2D eigenvalue weighted by Gasteiger charge is 2.24. The van der Waals surface area contributed by atoms with Crippen LogP contribution >= 0.6 is 11.6 Å². The number of hydrogen-bond acceptors (Lipinski definition) is 5. The van der Waals surface area contributed by atoms with E-state index in [9.17, 15) is 8.42 Å². The van der Waals surface area contributed by atoms with Crippen molar-refractivity contribution in [2.24, 2.45) is 0 Å². The minimum absolute atomic E-state index is 0.0560. The molecule has 0 unspecified atom stereocenters. The lowest BCUT2D eigenvalue weighted by Crippen LogP contribution is -2.04. The molecule has 3 aromatic rings. The molecule has 27 heavy (non-hydrogen) atoms. The first kappa shape index (κ1) is 19.1. The number of benzene rings is 2. The van der Waals surface area contributed by atoms with Gasteiger partial charge in [0.2, 0.25) is 15.6 Å². The topological polar surface area (TPSA) is 77.6 Å². The van der Waals surface area contributed by atoms with Gasteiger partial charge in [0.05, 0.1) is 26.2 Å². The smallest absolute Gasteiger partial charge is 0.217 e. The number of H-pyrrole nitrogens is 1. The van der Waals surface area contributed by atoms with Gasteiger partial charge in [0.15, 0.2) is 11.5 Å². The summed E-state index contributed by atoms with van der Waals surface area (Å²) in [4.78, 5) is 3.02. The predicted octanol–water partition coefficient (Wildman–Crippen LogP) is 4.20. The fourth-order valence-electron chi connectivity index (χ4n) is 2.76. The number of methoxy groups -OCH3 is 3. The Kier molecular flexibility index (Phi) is 5.34. The highest BCUT2D eigenvalue weighted by atomic mass is 35.5. The van der Waals surface area contributed by atoms with Crippen molar-refractivity contribution in [3.8, 4) is 17.2 Å². The van der Waals surface area contributed by atoms with E-state index >= 15 is 0 Å². The number of fused-ring (bicyclic) bond motifs is 1. The summed E-state index contributed by atoms with van der Waals surface area (Å²) in [7, 11) is 0.294. The maximum Gasteiger partial charge on any atom is 0.217 e. The van der Waals surface area contributed by atoms with Gasteiger partial charge in [-0.3, -0.25) is 0 Å². The van der Waals surface area contributed by atoms with Crippen LogP contribution in [0.3, 0.4) is 0 Å². The Morgan fingerprint density at radius 2 is 1.70 bits per heavy atom. The third kappa shape index (κ3) is 3.48. The minimum Gasteiger partial charge on any atom is -0.493 e. The molecule has 0 amide bonds. The summed E-state index contributed by atoms with van der Waals surface area (Å²) < 4.78 is 41.3. The molecule has 2 aromatic carbocycles. The maximum absolute atomic E-state index is 13.0. The van der Waals surface area contributed by atoms with Crippen molar-refractivity contribution in [2.45, 2.75) is 4.90 Å². The Morgan fingerprint density at radius 1 is 1.04 bits per heavy atom. The second-order valence-electron chi connectivity index (χ2n) is 5.60. The molecule has 6 nitrogen and oxygen atoms in total. The van der Waals surface area contributed by atoms with E-state index in [1.807, 2.05) is 18.2 Å². The lowest BCUT2D eigenvalue weighted by Gasteiger charge is -2.14. The van der Waals surface area contributed by atoms with Gasteiger partial charge in [-0.1, -0.05) is 23.7 Å². The molecule has 0 bridgehead atoms. The number of ether oxygens (including phenoxy) is 3. The molecule has 0 aliphatic carbocycles. The third-order valence-electron chi connectivity index (χ3n) is 4.10. The summed E-state index contributed by atoms with van der Waals surface area (Å²) in [6.07, 6.45) is 3.21. The second-order valence-corrected chi connectivity index (χ2v) is 8.15. The van der Waals surface area contributed by atoms with Crippen LogP contribution in [0.2, 0.25) is 0 Å². The predicted molar refractivity (Wildman–Crippen MR) is 105 cm³/mol. The molecule has 142 valence electrons. The molecule has 0 spiro atoms. The molecular formula is C19H18ClNO5S. The van der Waals surface area contributed by atoms with Crippen LogP contribution in [0.25, 0.3) is 17.0 Å². The van der Waals surface area contributed by atoms with Crippen molar-refractivity contribution in [1.82, 2.24) is 4.98 Å². The van der Waals surface area contributed by atoms with Crippen LogP contribution < -0.4 is 14.2 Å². The SMILES string of the molecule is COc1cc(S(=O)(=O)/C(Cl)=C\c2cccc3[nH]ccc23)cc(OC)c1OC. The summed E-state index contributed by atoms with van der Waals surface area (Å²) in [5.74, 6) is 0.761. The summed E-state index contributed by atoms with van der Waals surface area (Å²) in [6, 6.07) is 10.1. The molecule has 3 rings (SSSR count). The molecule has 0 radical (unpaired) electrons. The van der Waals surface area contributed by atoms with E-state index in [2.05, 4.69) is 4.98 Å². The van der Waals surface area contributed by atoms with E-state index in [0.29, 0.717) is 11.3 Å². The molecular weight excluding hydrogens is 390 g/mol. The molecule has 0 saturated heterocycles. The Hall–Kier alpha value is -2.64. The first-order valence-electron chi connectivity index (χ1n) is 7.90. The Labute approximate surface area is 162 Å². The molecule has 0 aliphatic heterocycles. The molecule has 8 heteroatoms. The van der Waals surface area contributed by atoms with E-state index in [1.54, 1.807) is 12.3 Å². The average Bonchev–Trinajstić information content (AvgIpc) is 3.16. The second kappa shape index (κ2) is 7.54. The van der Waals surface area contributed by atoms with Crippen molar-refractivity contribution in [3.05, 3.63) is 52.5 Å². The van der Waals surface area contributed by atoms with Crippen LogP contribution in [-0.4, -0.2) is 34.7 Å². The lowest BCUT2D eigenvalue weighted by atomic mass is 10.1. The van der Waals surface area contributed by atoms with E-state index in [1.165, 1.54) is 39.5 Å². The summed E-state index contributed by atoms with van der Waals surface area (Å²) >= 11 is 6.22. The van der Waals surface area contributed by atoms with Crippen LogP contribution in [0.1, 0.15) is 5.56 Å². The summed E-state index contributed by atoms with van der Waals surface area (Å²) in [5, 5.41) is 0.871. The Morgan fingerprint density at radius 3 is 2.30 bits per heavy atom. The van der Waals surface area contributed by atoms with E-state index in [-0.39, 0.29) is 20.8 Å². The molecule has 1 heterocycles. The van der Waals surface area contributed by atoms with Gasteiger partial charge in [0.1, 0.15) is 4.36 Å². The van der Waals surface area contributed by atoms with Crippen molar-refractivity contribution in [3.63, 3.8) is 0 Å². The lowest BCUT2D eigenvalue weighted by molar-refractivity contribution is 0.323. The van der Waals surface area contributed by atoms with Crippen LogP contribution in [-0.2, 0) is 9.84 Å². The van der Waals surface area contributed by atoms with Gasteiger partial charge in [-0.2, -0.15) is 0 Å². The van der Waals surface area contributed by atoms with Crippen LogP contribution in [0, 0.1) is 0 Å². The molecule has 1 aromatic heterocycles. The van der Waals surface area contributed by atoms with E-state index < -0.39 is 9.84 Å². The zero-order valence-corrected chi connectivity index (χ0v) is 16.5. The Balaban J connectivity index is 2.12. The van der Waals surface area contributed by atoms with E-state index in [4.69, 9.17) is 25.8 Å². The Bertz CT molecular complexity index is 1090. The highest BCUT2D eigenvalue weighted by Crippen LogP contribution is 2.41. The zero-order valence-electron chi connectivity index (χ0n) is 14.9. The summed E-state index contributed by atoms with van der Waals surface area (Å²) in [5.41, 5.74) is 1.58. The number of aromatic amines is 1. The number of halogens is 1. The number of nitrogens with one attached hydrogen (secondary N) is 1. The van der Waals surface area contributed by atoms with Gasteiger partial charge in [-0.05, 0) is 23.8 Å².